The highest BCUT2D eigenvalue weighted by molar-refractivity contribution is 5.89. The highest BCUT2D eigenvalue weighted by Gasteiger charge is 2.51. The van der Waals surface area contributed by atoms with E-state index in [1.54, 1.807) is 0 Å². The van der Waals surface area contributed by atoms with Crippen LogP contribution in [0, 0.1) is 0 Å². The van der Waals surface area contributed by atoms with Gasteiger partial charge in [-0.05, 0) is 20.8 Å². The molecular weight excluding hydrogens is 390 g/mol. The molecule has 0 amide bonds. The van der Waals surface area contributed by atoms with Crippen molar-refractivity contribution in [2.75, 3.05) is 13.2 Å². The Morgan fingerprint density at radius 3 is 2.00 bits per heavy atom. The monoisotopic (exact) mass is 408 g/mol. The van der Waals surface area contributed by atoms with Crippen molar-refractivity contribution in [3.63, 3.8) is 0 Å². The SMILES string of the molecule is C=C(C)C(=O)OCC(=O)OC(C)(C)C(=O)OCC(F)(F)CC(F)(F)C(F)F. The lowest BCUT2D eigenvalue weighted by Crippen LogP contribution is -2.43. The molecule has 0 atom stereocenters. The average molecular weight is 408 g/mol. The second-order valence-electron chi connectivity index (χ2n) is 6.01. The Kier molecular flexibility index (Phi) is 8.32. The largest absolute Gasteiger partial charge is 0.456 e. The zero-order valence-corrected chi connectivity index (χ0v) is 14.6. The lowest BCUT2D eigenvalue weighted by molar-refractivity contribution is -0.204. The summed E-state index contributed by atoms with van der Waals surface area (Å²) in [6.07, 6.45) is -6.86. The molecule has 12 heteroatoms. The van der Waals surface area contributed by atoms with Crippen LogP contribution in [0.3, 0.4) is 0 Å². The molecule has 0 unspecified atom stereocenters. The van der Waals surface area contributed by atoms with Crippen molar-refractivity contribution >= 4 is 17.9 Å². The van der Waals surface area contributed by atoms with Crippen LogP contribution in [0.15, 0.2) is 12.2 Å². The molecule has 0 aromatic carbocycles. The number of rotatable bonds is 10. The van der Waals surface area contributed by atoms with E-state index in [-0.39, 0.29) is 5.57 Å². The number of halogens is 6. The number of hydrogen-bond donors (Lipinski definition) is 0. The highest BCUT2D eigenvalue weighted by Crippen LogP contribution is 2.35. The minimum atomic E-state index is -4.98. The number of esters is 3. The second kappa shape index (κ2) is 9.09. The minimum Gasteiger partial charge on any atom is -0.456 e. The van der Waals surface area contributed by atoms with Gasteiger partial charge in [-0.15, -0.1) is 0 Å². The summed E-state index contributed by atoms with van der Waals surface area (Å²) in [7, 11) is 0. The maximum atomic E-state index is 13.3. The van der Waals surface area contributed by atoms with Crippen LogP contribution in [0.2, 0.25) is 0 Å². The van der Waals surface area contributed by atoms with Crippen LogP contribution in [0.25, 0.3) is 0 Å². The first-order valence-corrected chi connectivity index (χ1v) is 7.26. The molecule has 0 radical (unpaired) electrons. The van der Waals surface area contributed by atoms with Gasteiger partial charge in [0.1, 0.15) is 0 Å². The molecule has 0 aromatic rings. The Hall–Kier alpha value is -2.27. The molecule has 0 N–H and O–H groups in total. The van der Waals surface area contributed by atoms with Crippen molar-refractivity contribution in [2.45, 2.75) is 51.1 Å². The molecule has 0 aliphatic rings. The fourth-order valence-corrected chi connectivity index (χ4v) is 1.42. The zero-order chi connectivity index (χ0) is 21.6. The van der Waals surface area contributed by atoms with Crippen molar-refractivity contribution in [3.8, 4) is 0 Å². The van der Waals surface area contributed by atoms with Crippen LogP contribution in [0.5, 0.6) is 0 Å². The second-order valence-corrected chi connectivity index (χ2v) is 6.01. The summed E-state index contributed by atoms with van der Waals surface area (Å²) in [5.74, 6) is -13.1. The van der Waals surface area contributed by atoms with Crippen LogP contribution < -0.4 is 0 Å². The van der Waals surface area contributed by atoms with Gasteiger partial charge < -0.3 is 14.2 Å². The third kappa shape index (κ3) is 8.78. The molecular formula is C15H18F6O6. The van der Waals surface area contributed by atoms with Gasteiger partial charge in [0.15, 0.2) is 13.2 Å². The Morgan fingerprint density at radius 1 is 1.04 bits per heavy atom. The fraction of sp³-hybridized carbons (Fsp3) is 0.667. The molecule has 0 spiro atoms. The minimum absolute atomic E-state index is 0.0238. The number of alkyl halides is 6. The van der Waals surface area contributed by atoms with Gasteiger partial charge in [-0.25, -0.2) is 40.7 Å². The van der Waals surface area contributed by atoms with E-state index < -0.39 is 61.4 Å². The molecule has 0 saturated carbocycles. The number of hydrogen-bond acceptors (Lipinski definition) is 6. The van der Waals surface area contributed by atoms with E-state index in [4.69, 9.17) is 0 Å². The molecule has 0 aliphatic carbocycles. The van der Waals surface area contributed by atoms with E-state index in [0.717, 1.165) is 13.8 Å². The van der Waals surface area contributed by atoms with Crippen molar-refractivity contribution < 1.29 is 54.9 Å². The van der Waals surface area contributed by atoms with Crippen molar-refractivity contribution in [1.29, 1.82) is 0 Å². The Morgan fingerprint density at radius 2 is 1.56 bits per heavy atom. The third-order valence-electron chi connectivity index (χ3n) is 2.76. The highest BCUT2D eigenvalue weighted by atomic mass is 19.3. The van der Waals surface area contributed by atoms with Crippen molar-refractivity contribution in [3.05, 3.63) is 12.2 Å². The van der Waals surface area contributed by atoms with Crippen molar-refractivity contribution in [1.82, 2.24) is 0 Å². The van der Waals surface area contributed by atoms with Crippen LogP contribution in [-0.2, 0) is 28.6 Å². The van der Waals surface area contributed by atoms with Crippen molar-refractivity contribution in [2.24, 2.45) is 0 Å². The molecule has 0 fully saturated rings. The number of ether oxygens (including phenoxy) is 3. The third-order valence-corrected chi connectivity index (χ3v) is 2.76. The summed E-state index contributed by atoms with van der Waals surface area (Å²) in [5.41, 5.74) is -2.17. The van der Waals surface area contributed by atoms with Gasteiger partial charge >= 0.3 is 30.3 Å². The molecule has 27 heavy (non-hydrogen) atoms. The Labute approximate surface area is 150 Å². The summed E-state index contributed by atoms with van der Waals surface area (Å²) in [5, 5.41) is 0. The molecule has 6 nitrogen and oxygen atoms in total. The van der Waals surface area contributed by atoms with Gasteiger partial charge in [0.05, 0.1) is 6.42 Å². The molecule has 0 aliphatic heterocycles. The Balaban J connectivity index is 4.67. The first kappa shape index (κ1) is 24.7. The van der Waals surface area contributed by atoms with Gasteiger partial charge in [0.2, 0.25) is 5.60 Å². The van der Waals surface area contributed by atoms with E-state index in [0.29, 0.717) is 0 Å². The lowest BCUT2D eigenvalue weighted by atomic mass is 10.1. The number of carbonyl (C=O) groups is 3. The maximum Gasteiger partial charge on any atom is 0.350 e. The topological polar surface area (TPSA) is 78.9 Å². The summed E-state index contributed by atoms with van der Waals surface area (Å²) < 4.78 is 89.1. The standard InChI is InChI=1S/C15H18F6O6/c1-8(2)10(23)25-5-9(22)27-13(3,4)12(24)26-7-14(18,19)6-15(20,21)11(16)17/h11H,1,5-7H2,2-4H3. The first-order chi connectivity index (χ1) is 12.0. The van der Waals surface area contributed by atoms with E-state index in [2.05, 4.69) is 20.8 Å². The summed E-state index contributed by atoms with van der Waals surface area (Å²) in [4.78, 5) is 34.3. The van der Waals surface area contributed by atoms with E-state index in [1.807, 2.05) is 0 Å². The summed E-state index contributed by atoms with van der Waals surface area (Å²) in [6.45, 7) is 3.56. The lowest BCUT2D eigenvalue weighted by Gasteiger charge is -2.26. The van der Waals surface area contributed by atoms with Crippen LogP contribution in [-0.4, -0.2) is 55.0 Å². The molecule has 0 aromatic heterocycles. The summed E-state index contributed by atoms with van der Waals surface area (Å²) >= 11 is 0. The molecule has 0 bridgehead atoms. The zero-order valence-electron chi connectivity index (χ0n) is 14.6. The Bertz CT molecular complexity index is 587. The predicted molar refractivity (Wildman–Crippen MR) is 77.4 cm³/mol. The van der Waals surface area contributed by atoms with Crippen LogP contribution >= 0.6 is 0 Å². The fourth-order valence-electron chi connectivity index (χ4n) is 1.42. The molecule has 0 rings (SSSR count). The quantitative estimate of drug-likeness (QED) is 0.239. The van der Waals surface area contributed by atoms with Gasteiger partial charge in [0, 0.05) is 5.57 Å². The smallest absolute Gasteiger partial charge is 0.350 e. The molecule has 0 heterocycles. The normalized spacial score (nSPS) is 12.5. The van der Waals surface area contributed by atoms with Gasteiger partial charge in [-0.1, -0.05) is 6.58 Å². The molecule has 0 saturated heterocycles. The average Bonchev–Trinajstić information content (AvgIpc) is 2.48. The van der Waals surface area contributed by atoms with Gasteiger partial charge in [-0.3, -0.25) is 0 Å². The first-order valence-electron chi connectivity index (χ1n) is 7.26. The number of carbonyl (C=O) groups excluding carboxylic acids is 3. The molecule has 156 valence electrons. The van der Waals surface area contributed by atoms with Crippen LogP contribution in [0.4, 0.5) is 26.3 Å². The maximum absolute atomic E-state index is 13.3. The van der Waals surface area contributed by atoms with E-state index >= 15 is 0 Å². The summed E-state index contributed by atoms with van der Waals surface area (Å²) in [6, 6.07) is 0. The van der Waals surface area contributed by atoms with E-state index in [9.17, 15) is 40.7 Å². The predicted octanol–water partition coefficient (Wildman–Crippen LogP) is 2.90. The van der Waals surface area contributed by atoms with Gasteiger partial charge in [0.25, 0.3) is 5.92 Å². The van der Waals surface area contributed by atoms with Gasteiger partial charge in [-0.2, -0.15) is 0 Å². The van der Waals surface area contributed by atoms with E-state index in [1.165, 1.54) is 6.92 Å². The van der Waals surface area contributed by atoms with Crippen LogP contribution in [0.1, 0.15) is 27.2 Å².